The third kappa shape index (κ3) is 5.01. The van der Waals surface area contributed by atoms with Crippen molar-refractivity contribution in [2.75, 3.05) is 18.4 Å². The number of nitrogens with one attached hydrogen (secondary N) is 1. The minimum absolute atomic E-state index is 0.193. The van der Waals surface area contributed by atoms with Crippen LogP contribution in [0.1, 0.15) is 24.2 Å². The highest BCUT2D eigenvalue weighted by atomic mass is 16.5. The van der Waals surface area contributed by atoms with E-state index < -0.39 is 0 Å². The number of benzene rings is 2. The van der Waals surface area contributed by atoms with Gasteiger partial charge in [0.2, 0.25) is 5.82 Å². The van der Waals surface area contributed by atoms with Gasteiger partial charge in [-0.2, -0.15) is 5.26 Å². The monoisotopic (exact) mass is 540 g/mol. The van der Waals surface area contributed by atoms with Crippen molar-refractivity contribution in [2.24, 2.45) is 0 Å². The van der Waals surface area contributed by atoms with Gasteiger partial charge >= 0.3 is 0 Å². The predicted octanol–water partition coefficient (Wildman–Crippen LogP) is 5.37. The number of fused-ring (bicyclic) bond motifs is 3. The van der Waals surface area contributed by atoms with E-state index in [4.69, 9.17) is 15.0 Å². The summed E-state index contributed by atoms with van der Waals surface area (Å²) in [5, 5.41) is 12.5. The van der Waals surface area contributed by atoms with Gasteiger partial charge in [0.1, 0.15) is 17.7 Å². The fourth-order valence-electron chi connectivity index (χ4n) is 5.65. The zero-order valence-electron chi connectivity index (χ0n) is 22.4. The Labute approximate surface area is 238 Å². The number of aromatic nitrogens is 5. The average Bonchev–Trinajstić information content (AvgIpc) is 3.43. The van der Waals surface area contributed by atoms with Gasteiger partial charge in [-0.25, -0.2) is 15.0 Å². The van der Waals surface area contributed by atoms with Crippen molar-refractivity contribution in [3.63, 3.8) is 0 Å². The average molecular weight is 541 g/mol. The van der Waals surface area contributed by atoms with Gasteiger partial charge in [-0.3, -0.25) is 14.5 Å². The number of piperidine rings is 1. The molecule has 2 aliphatic heterocycles. The molecule has 3 aromatic heterocycles. The molecule has 2 aliphatic rings. The molecule has 0 radical (unpaired) electrons. The first-order valence-electron chi connectivity index (χ1n) is 13.8. The summed E-state index contributed by atoms with van der Waals surface area (Å²) >= 11 is 0. The highest BCUT2D eigenvalue weighted by Crippen LogP contribution is 2.41. The lowest BCUT2D eigenvalue weighted by Crippen LogP contribution is -2.38. The van der Waals surface area contributed by atoms with Crippen LogP contribution < -0.4 is 10.1 Å². The van der Waals surface area contributed by atoms with Crippen LogP contribution >= 0.6 is 0 Å². The Hall–Kier alpha value is -5.07. The smallest absolute Gasteiger partial charge is 0.234 e. The molecule has 0 aliphatic carbocycles. The number of imidazole rings is 1. The van der Waals surface area contributed by atoms with Crippen LogP contribution in [0, 0.1) is 11.3 Å². The first-order valence-corrected chi connectivity index (χ1v) is 13.8. The highest BCUT2D eigenvalue weighted by molar-refractivity contribution is 5.83. The summed E-state index contributed by atoms with van der Waals surface area (Å²) in [5.74, 6) is 2.56. The van der Waals surface area contributed by atoms with E-state index in [0.29, 0.717) is 18.6 Å². The second kappa shape index (κ2) is 10.8. The summed E-state index contributed by atoms with van der Waals surface area (Å²) in [6.07, 6.45) is 7.19. The minimum atomic E-state index is 0.193. The molecule has 0 atom stereocenters. The number of nitriles is 1. The lowest BCUT2D eigenvalue weighted by Gasteiger charge is -2.32. The SMILES string of the molecule is N#Cc1nccc(NC2CCN(Cc3ccc(-c4nc5n(c4-c4ccccc4)COc4cnccc4-5)cc3)CC2)n1. The molecule has 7 rings (SSSR count). The summed E-state index contributed by atoms with van der Waals surface area (Å²) in [6.45, 7) is 3.29. The number of anilines is 1. The maximum atomic E-state index is 9.04. The van der Waals surface area contributed by atoms with Gasteiger partial charge in [0, 0.05) is 49.2 Å². The van der Waals surface area contributed by atoms with E-state index in [0.717, 1.165) is 72.1 Å². The number of hydrogen-bond acceptors (Lipinski definition) is 8. The maximum Gasteiger partial charge on any atom is 0.234 e. The lowest BCUT2D eigenvalue weighted by atomic mass is 10.0. The Bertz CT molecular complexity index is 1720. The Morgan fingerprint density at radius 2 is 1.76 bits per heavy atom. The van der Waals surface area contributed by atoms with E-state index in [-0.39, 0.29) is 5.82 Å². The molecule has 0 spiro atoms. The van der Waals surface area contributed by atoms with E-state index >= 15 is 0 Å². The quantitative estimate of drug-likeness (QED) is 0.307. The van der Waals surface area contributed by atoms with E-state index in [9.17, 15) is 0 Å². The second-order valence-electron chi connectivity index (χ2n) is 10.3. The predicted molar refractivity (Wildman–Crippen MR) is 156 cm³/mol. The minimum Gasteiger partial charge on any atom is -0.470 e. The number of hydrogen-bond donors (Lipinski definition) is 1. The Morgan fingerprint density at radius 3 is 2.56 bits per heavy atom. The van der Waals surface area contributed by atoms with E-state index in [1.807, 2.05) is 24.3 Å². The molecular formula is C32H28N8O. The number of nitrogens with zero attached hydrogens (tertiary/aromatic N) is 7. The number of rotatable bonds is 6. The number of likely N-dealkylation sites (tertiary alicyclic amines) is 1. The standard InChI is InChI=1S/C32H28N8O/c33-18-29-35-15-11-28(37-29)36-25-12-16-39(17-13-25)20-22-6-8-23(9-7-22)30-31(24-4-2-1-3-5-24)40-21-41-27-19-34-14-10-26(27)32(40)38-30/h1-11,14-15,19,25H,12-13,16-17,20-21H2,(H,35,36,37). The molecule has 9 nitrogen and oxygen atoms in total. The van der Waals surface area contributed by atoms with Crippen molar-refractivity contribution in [1.29, 1.82) is 5.26 Å². The number of ether oxygens (including phenoxy) is 1. The first kappa shape index (κ1) is 24.9. The van der Waals surface area contributed by atoms with Gasteiger partial charge in [0.05, 0.1) is 23.1 Å². The molecule has 1 fully saturated rings. The summed E-state index contributed by atoms with van der Waals surface area (Å²) < 4.78 is 8.20. The summed E-state index contributed by atoms with van der Waals surface area (Å²) in [4.78, 5) is 20.1. The molecule has 5 heterocycles. The third-order valence-electron chi connectivity index (χ3n) is 7.72. The van der Waals surface area contributed by atoms with Crippen molar-refractivity contribution < 1.29 is 4.74 Å². The highest BCUT2D eigenvalue weighted by Gasteiger charge is 2.26. The van der Waals surface area contributed by atoms with Crippen molar-refractivity contribution in [3.05, 3.63) is 96.7 Å². The van der Waals surface area contributed by atoms with E-state index in [2.05, 4.69) is 78.3 Å². The molecule has 1 N–H and O–H groups in total. The van der Waals surface area contributed by atoms with Gasteiger partial charge in [0.15, 0.2) is 12.5 Å². The molecule has 0 unspecified atom stereocenters. The molecule has 0 amide bonds. The van der Waals surface area contributed by atoms with Crippen LogP contribution in [0.5, 0.6) is 5.75 Å². The topological polar surface area (TPSA) is 105 Å². The third-order valence-corrected chi connectivity index (χ3v) is 7.72. The molecule has 1 saturated heterocycles. The Kier molecular flexibility index (Phi) is 6.59. The van der Waals surface area contributed by atoms with Crippen molar-refractivity contribution in [1.82, 2.24) is 29.4 Å². The van der Waals surface area contributed by atoms with Crippen LogP contribution in [0.25, 0.3) is 33.9 Å². The fraction of sp³-hybridized carbons (Fsp3) is 0.219. The van der Waals surface area contributed by atoms with Gasteiger partial charge in [-0.15, -0.1) is 0 Å². The largest absolute Gasteiger partial charge is 0.470 e. The zero-order chi connectivity index (χ0) is 27.6. The lowest BCUT2D eigenvalue weighted by molar-refractivity contribution is 0.211. The summed E-state index contributed by atoms with van der Waals surface area (Å²) in [7, 11) is 0. The molecular weight excluding hydrogens is 512 g/mol. The fourth-order valence-corrected chi connectivity index (χ4v) is 5.65. The van der Waals surface area contributed by atoms with Gasteiger partial charge in [0.25, 0.3) is 0 Å². The molecule has 0 bridgehead atoms. The summed E-state index contributed by atoms with van der Waals surface area (Å²) in [6, 6.07) is 25.3. The molecule has 0 saturated carbocycles. The second-order valence-corrected chi connectivity index (χ2v) is 10.3. The van der Waals surface area contributed by atoms with Gasteiger partial charge in [-0.05, 0) is 30.5 Å². The van der Waals surface area contributed by atoms with E-state index in [1.165, 1.54) is 5.56 Å². The zero-order valence-corrected chi connectivity index (χ0v) is 22.4. The van der Waals surface area contributed by atoms with E-state index in [1.54, 1.807) is 18.6 Å². The van der Waals surface area contributed by atoms with Crippen LogP contribution in [-0.4, -0.2) is 48.5 Å². The molecule has 202 valence electrons. The van der Waals surface area contributed by atoms with Crippen LogP contribution in [0.3, 0.4) is 0 Å². The normalized spacial score (nSPS) is 14.9. The molecule has 9 heteroatoms. The van der Waals surface area contributed by atoms with Crippen molar-refractivity contribution >= 4 is 5.82 Å². The van der Waals surface area contributed by atoms with Gasteiger partial charge < -0.3 is 10.1 Å². The Balaban J connectivity index is 1.08. The van der Waals surface area contributed by atoms with Gasteiger partial charge in [-0.1, -0.05) is 54.6 Å². The van der Waals surface area contributed by atoms with Crippen LogP contribution in [0.2, 0.25) is 0 Å². The van der Waals surface area contributed by atoms with Crippen molar-refractivity contribution in [2.45, 2.75) is 32.2 Å². The summed E-state index contributed by atoms with van der Waals surface area (Å²) in [5.41, 5.74) is 6.41. The van der Waals surface area contributed by atoms with Crippen molar-refractivity contribution in [3.8, 4) is 45.7 Å². The maximum absolute atomic E-state index is 9.04. The molecule has 41 heavy (non-hydrogen) atoms. The Morgan fingerprint density at radius 1 is 0.927 bits per heavy atom. The molecule has 5 aromatic rings. The molecule has 2 aromatic carbocycles. The van der Waals surface area contributed by atoms with Crippen LogP contribution in [0.4, 0.5) is 5.82 Å². The first-order chi connectivity index (χ1) is 20.2. The van der Waals surface area contributed by atoms with Crippen LogP contribution in [-0.2, 0) is 13.3 Å². The number of pyridine rings is 1. The van der Waals surface area contributed by atoms with Crippen LogP contribution in [0.15, 0.2) is 85.3 Å².